The van der Waals surface area contributed by atoms with Crippen molar-refractivity contribution in [2.75, 3.05) is 32.7 Å². The van der Waals surface area contributed by atoms with Crippen LogP contribution in [-0.4, -0.2) is 48.4 Å². The number of piperazine rings is 1. The summed E-state index contributed by atoms with van der Waals surface area (Å²) in [5.41, 5.74) is 0. The van der Waals surface area contributed by atoms with E-state index in [1.165, 1.54) is 0 Å². The first-order valence-corrected chi connectivity index (χ1v) is 5.13. The van der Waals surface area contributed by atoms with Gasteiger partial charge in [0, 0.05) is 19.6 Å². The van der Waals surface area contributed by atoms with Gasteiger partial charge in [-0.05, 0) is 12.5 Å². The van der Waals surface area contributed by atoms with Gasteiger partial charge in [0.15, 0.2) is 0 Å². The first-order chi connectivity index (χ1) is 6.13. The zero-order chi connectivity index (χ0) is 9.84. The van der Waals surface area contributed by atoms with E-state index in [0.717, 1.165) is 26.2 Å². The Kier molecular flexibility index (Phi) is 3.72. The molecule has 3 nitrogen and oxygen atoms in total. The number of amides is 1. The van der Waals surface area contributed by atoms with Gasteiger partial charge in [0.25, 0.3) is 0 Å². The van der Waals surface area contributed by atoms with E-state index in [1.54, 1.807) is 0 Å². The van der Waals surface area contributed by atoms with Crippen LogP contribution >= 0.6 is 0 Å². The molecule has 1 amide bonds. The van der Waals surface area contributed by atoms with Crippen molar-refractivity contribution in [2.45, 2.75) is 20.8 Å². The van der Waals surface area contributed by atoms with E-state index >= 15 is 0 Å². The highest BCUT2D eigenvalue weighted by atomic mass is 16.2. The predicted octanol–water partition coefficient (Wildman–Crippen LogP) is 0.806. The van der Waals surface area contributed by atoms with Crippen LogP contribution in [0.15, 0.2) is 0 Å². The highest BCUT2D eigenvalue weighted by Crippen LogP contribution is 2.05. The molecule has 13 heavy (non-hydrogen) atoms. The van der Waals surface area contributed by atoms with Crippen molar-refractivity contribution in [3.8, 4) is 0 Å². The van der Waals surface area contributed by atoms with Gasteiger partial charge < -0.3 is 4.90 Å². The monoisotopic (exact) mass is 184 g/mol. The van der Waals surface area contributed by atoms with Gasteiger partial charge in [0.2, 0.25) is 5.91 Å². The summed E-state index contributed by atoms with van der Waals surface area (Å²) in [5.74, 6) is 0.874. The maximum Gasteiger partial charge on any atom is 0.236 e. The normalized spacial score (nSPS) is 20.0. The van der Waals surface area contributed by atoms with Crippen molar-refractivity contribution >= 4 is 5.91 Å². The lowest BCUT2D eigenvalue weighted by Gasteiger charge is -2.34. The number of carbonyl (C=O) groups is 1. The molecule has 0 unspecified atom stereocenters. The van der Waals surface area contributed by atoms with Crippen molar-refractivity contribution < 1.29 is 4.79 Å². The van der Waals surface area contributed by atoms with Gasteiger partial charge in [0.05, 0.1) is 6.54 Å². The Labute approximate surface area is 80.7 Å². The molecule has 0 saturated carbocycles. The maximum atomic E-state index is 11.6. The second kappa shape index (κ2) is 4.61. The van der Waals surface area contributed by atoms with E-state index in [0.29, 0.717) is 18.4 Å². The van der Waals surface area contributed by atoms with Gasteiger partial charge >= 0.3 is 0 Å². The average Bonchev–Trinajstić information content (AvgIpc) is 2.08. The van der Waals surface area contributed by atoms with Crippen LogP contribution in [0.4, 0.5) is 0 Å². The van der Waals surface area contributed by atoms with E-state index in [-0.39, 0.29) is 0 Å². The number of nitrogens with zero attached hydrogens (tertiary/aromatic N) is 2. The molecule has 0 N–H and O–H groups in total. The van der Waals surface area contributed by atoms with Crippen molar-refractivity contribution in [3.05, 3.63) is 0 Å². The van der Waals surface area contributed by atoms with E-state index in [2.05, 4.69) is 25.7 Å². The summed E-state index contributed by atoms with van der Waals surface area (Å²) in [7, 11) is 0. The summed E-state index contributed by atoms with van der Waals surface area (Å²) in [6.45, 7) is 10.9. The third-order valence-corrected chi connectivity index (χ3v) is 2.43. The summed E-state index contributed by atoms with van der Waals surface area (Å²) >= 11 is 0. The van der Waals surface area contributed by atoms with Crippen molar-refractivity contribution in [3.63, 3.8) is 0 Å². The minimum Gasteiger partial charge on any atom is -0.340 e. The van der Waals surface area contributed by atoms with Crippen molar-refractivity contribution in [2.24, 2.45) is 5.92 Å². The number of hydrogen-bond donors (Lipinski definition) is 0. The summed E-state index contributed by atoms with van der Waals surface area (Å²) in [5, 5.41) is 0. The van der Waals surface area contributed by atoms with Gasteiger partial charge in [-0.25, -0.2) is 0 Å². The molecule has 0 bridgehead atoms. The molecule has 0 atom stereocenters. The fraction of sp³-hybridized carbons (Fsp3) is 0.900. The molecule has 0 radical (unpaired) electrons. The molecule has 1 fully saturated rings. The van der Waals surface area contributed by atoms with E-state index < -0.39 is 0 Å². The molecule has 0 spiro atoms. The molecule has 0 aliphatic carbocycles. The van der Waals surface area contributed by atoms with Crippen LogP contribution in [0.2, 0.25) is 0 Å². The largest absolute Gasteiger partial charge is 0.340 e. The third kappa shape index (κ3) is 2.99. The predicted molar refractivity (Wildman–Crippen MR) is 53.5 cm³/mol. The second-order valence-electron chi connectivity index (χ2n) is 4.10. The summed E-state index contributed by atoms with van der Waals surface area (Å²) in [6.07, 6.45) is 0. The number of carbonyl (C=O) groups excluding carboxylic acids is 1. The van der Waals surface area contributed by atoms with E-state index in [1.807, 2.05) is 4.90 Å². The van der Waals surface area contributed by atoms with Crippen molar-refractivity contribution in [1.82, 2.24) is 9.80 Å². The molecule has 3 heteroatoms. The molecule has 1 heterocycles. The summed E-state index contributed by atoms with van der Waals surface area (Å²) in [6, 6.07) is 0. The van der Waals surface area contributed by atoms with Crippen LogP contribution in [0.5, 0.6) is 0 Å². The topological polar surface area (TPSA) is 23.6 Å². The minimum absolute atomic E-state index is 0.293. The fourth-order valence-corrected chi connectivity index (χ4v) is 1.66. The molecule has 0 aromatic carbocycles. The Hall–Kier alpha value is -0.570. The molecule has 1 aliphatic rings. The van der Waals surface area contributed by atoms with Crippen LogP contribution in [0.3, 0.4) is 0 Å². The lowest BCUT2D eigenvalue weighted by atomic mass is 10.2. The number of rotatable bonds is 3. The van der Waals surface area contributed by atoms with Gasteiger partial charge in [-0.3, -0.25) is 9.69 Å². The summed E-state index contributed by atoms with van der Waals surface area (Å²) < 4.78 is 0. The van der Waals surface area contributed by atoms with Crippen LogP contribution < -0.4 is 0 Å². The van der Waals surface area contributed by atoms with Gasteiger partial charge in [-0.15, -0.1) is 0 Å². The first-order valence-electron chi connectivity index (χ1n) is 5.13. The smallest absolute Gasteiger partial charge is 0.236 e. The Morgan fingerprint density at radius 2 is 2.08 bits per heavy atom. The Balaban J connectivity index is 2.39. The first kappa shape index (κ1) is 10.5. The van der Waals surface area contributed by atoms with Gasteiger partial charge in [-0.1, -0.05) is 20.8 Å². The van der Waals surface area contributed by atoms with Crippen LogP contribution in [0.25, 0.3) is 0 Å². The Bertz CT molecular complexity index is 180. The lowest BCUT2D eigenvalue weighted by Crippen LogP contribution is -2.51. The van der Waals surface area contributed by atoms with E-state index in [9.17, 15) is 4.79 Å². The lowest BCUT2D eigenvalue weighted by molar-refractivity contribution is -0.136. The molecule has 1 aliphatic heterocycles. The van der Waals surface area contributed by atoms with Crippen molar-refractivity contribution in [1.29, 1.82) is 0 Å². The maximum absolute atomic E-state index is 11.6. The molecular formula is C10H20N2O. The Morgan fingerprint density at radius 3 is 2.54 bits per heavy atom. The highest BCUT2D eigenvalue weighted by Gasteiger charge is 2.22. The zero-order valence-corrected chi connectivity index (χ0v) is 8.92. The standard InChI is InChI=1S/C10H20N2O/c1-4-11-5-6-12(7-9(2)3)10(13)8-11/h9H,4-8H2,1-3H3. The third-order valence-electron chi connectivity index (χ3n) is 2.43. The SMILES string of the molecule is CCN1CCN(CC(C)C)C(=O)C1. The van der Waals surface area contributed by atoms with Crippen LogP contribution in [0.1, 0.15) is 20.8 Å². The molecular weight excluding hydrogens is 164 g/mol. The quantitative estimate of drug-likeness (QED) is 0.648. The number of likely N-dealkylation sites (N-methyl/N-ethyl adjacent to an activating group) is 1. The van der Waals surface area contributed by atoms with Crippen LogP contribution in [0, 0.1) is 5.92 Å². The van der Waals surface area contributed by atoms with Gasteiger partial charge in [-0.2, -0.15) is 0 Å². The second-order valence-corrected chi connectivity index (χ2v) is 4.10. The number of hydrogen-bond acceptors (Lipinski definition) is 2. The minimum atomic E-state index is 0.293. The zero-order valence-electron chi connectivity index (χ0n) is 8.92. The average molecular weight is 184 g/mol. The molecule has 0 aromatic heterocycles. The Morgan fingerprint density at radius 1 is 1.38 bits per heavy atom. The fourth-order valence-electron chi connectivity index (χ4n) is 1.66. The van der Waals surface area contributed by atoms with Crippen LogP contribution in [-0.2, 0) is 4.79 Å². The summed E-state index contributed by atoms with van der Waals surface area (Å²) in [4.78, 5) is 15.8. The molecule has 76 valence electrons. The van der Waals surface area contributed by atoms with Gasteiger partial charge in [0.1, 0.15) is 0 Å². The molecule has 0 aromatic rings. The highest BCUT2D eigenvalue weighted by molar-refractivity contribution is 5.79. The molecule has 1 saturated heterocycles. The van der Waals surface area contributed by atoms with E-state index in [4.69, 9.17) is 0 Å². The molecule has 1 rings (SSSR count).